The van der Waals surface area contributed by atoms with Crippen LogP contribution < -0.4 is 20.1 Å². The van der Waals surface area contributed by atoms with E-state index < -0.39 is 0 Å². The zero-order valence-electron chi connectivity index (χ0n) is 15.1. The van der Waals surface area contributed by atoms with Crippen molar-refractivity contribution in [2.75, 3.05) is 27.3 Å². The van der Waals surface area contributed by atoms with Gasteiger partial charge in [0.05, 0.1) is 20.2 Å². The molecule has 6 nitrogen and oxygen atoms in total. The number of nitrogens with one attached hydrogen (secondary N) is 3. The largest absolute Gasteiger partial charge is 0.497 e. The van der Waals surface area contributed by atoms with Crippen LogP contribution in [0.15, 0.2) is 59.6 Å². The highest BCUT2D eigenvalue weighted by atomic mass is 16.5. The molecule has 2 aromatic carbocycles. The van der Waals surface area contributed by atoms with Gasteiger partial charge < -0.3 is 25.1 Å². The van der Waals surface area contributed by atoms with Gasteiger partial charge >= 0.3 is 0 Å². The smallest absolute Gasteiger partial charge is 0.191 e. The highest BCUT2D eigenvalue weighted by Crippen LogP contribution is 2.16. The average Bonchev–Trinajstić information content (AvgIpc) is 3.11. The van der Waals surface area contributed by atoms with Crippen molar-refractivity contribution in [2.45, 2.75) is 6.54 Å². The van der Waals surface area contributed by atoms with Gasteiger partial charge in [-0.2, -0.15) is 0 Å². The molecule has 0 spiro atoms. The van der Waals surface area contributed by atoms with Gasteiger partial charge in [-0.15, -0.1) is 0 Å². The molecule has 1 aromatic heterocycles. The van der Waals surface area contributed by atoms with E-state index in [0.29, 0.717) is 19.7 Å². The van der Waals surface area contributed by atoms with E-state index in [9.17, 15) is 0 Å². The number of methoxy groups -OCH3 is 1. The van der Waals surface area contributed by atoms with Crippen molar-refractivity contribution in [1.29, 1.82) is 0 Å². The maximum atomic E-state index is 5.70. The number of H-pyrrole nitrogens is 1. The first kappa shape index (κ1) is 17.7. The number of aromatic nitrogens is 1. The van der Waals surface area contributed by atoms with E-state index in [-0.39, 0.29) is 0 Å². The highest BCUT2D eigenvalue weighted by Gasteiger charge is 2.02. The molecule has 0 saturated heterocycles. The molecule has 0 radical (unpaired) electrons. The molecule has 3 rings (SSSR count). The SMILES string of the molecule is CN=C(NCCOc1ccc(OC)cc1)NCc1cc2ccccc2[nH]1. The summed E-state index contributed by atoms with van der Waals surface area (Å²) in [7, 11) is 3.40. The fourth-order valence-electron chi connectivity index (χ4n) is 2.64. The van der Waals surface area contributed by atoms with Crippen LogP contribution in [0.3, 0.4) is 0 Å². The second-order valence-corrected chi connectivity index (χ2v) is 5.76. The summed E-state index contributed by atoms with van der Waals surface area (Å²) in [5, 5.41) is 7.75. The molecule has 0 bridgehead atoms. The Morgan fingerprint density at radius 1 is 1.04 bits per heavy atom. The molecule has 6 heteroatoms. The Hall–Kier alpha value is -3.15. The summed E-state index contributed by atoms with van der Waals surface area (Å²) in [6, 6.07) is 17.9. The van der Waals surface area contributed by atoms with E-state index >= 15 is 0 Å². The third kappa shape index (κ3) is 4.69. The number of rotatable bonds is 7. The van der Waals surface area contributed by atoms with E-state index in [0.717, 1.165) is 28.7 Å². The number of benzene rings is 2. The highest BCUT2D eigenvalue weighted by molar-refractivity contribution is 5.81. The summed E-state index contributed by atoms with van der Waals surface area (Å²) in [4.78, 5) is 7.63. The summed E-state index contributed by atoms with van der Waals surface area (Å²) in [6.07, 6.45) is 0. The summed E-state index contributed by atoms with van der Waals surface area (Å²) >= 11 is 0. The number of nitrogens with zero attached hydrogens (tertiary/aromatic N) is 1. The zero-order valence-corrected chi connectivity index (χ0v) is 15.1. The van der Waals surface area contributed by atoms with Crippen LogP contribution in [0.4, 0.5) is 0 Å². The van der Waals surface area contributed by atoms with Gasteiger partial charge in [0.15, 0.2) is 5.96 Å². The third-order valence-corrected chi connectivity index (χ3v) is 3.98. The van der Waals surface area contributed by atoms with Gasteiger partial charge in [0.1, 0.15) is 18.1 Å². The molecular weight excluding hydrogens is 328 g/mol. The molecule has 0 aliphatic heterocycles. The Balaban J connectivity index is 1.41. The monoisotopic (exact) mass is 352 g/mol. The maximum absolute atomic E-state index is 5.70. The quantitative estimate of drug-likeness (QED) is 0.347. The first-order valence-corrected chi connectivity index (χ1v) is 8.56. The average molecular weight is 352 g/mol. The summed E-state index contributed by atoms with van der Waals surface area (Å²) < 4.78 is 10.8. The van der Waals surface area contributed by atoms with Crippen LogP contribution >= 0.6 is 0 Å². The van der Waals surface area contributed by atoms with Gasteiger partial charge in [-0.25, -0.2) is 0 Å². The molecule has 3 aromatic rings. The maximum Gasteiger partial charge on any atom is 0.191 e. The van der Waals surface area contributed by atoms with Crippen LogP contribution in [0.25, 0.3) is 10.9 Å². The van der Waals surface area contributed by atoms with Crippen molar-refractivity contribution < 1.29 is 9.47 Å². The van der Waals surface area contributed by atoms with Crippen LogP contribution in [0.5, 0.6) is 11.5 Å². The molecule has 1 heterocycles. The van der Waals surface area contributed by atoms with Crippen LogP contribution in [-0.4, -0.2) is 38.3 Å². The number of aromatic amines is 1. The number of fused-ring (bicyclic) bond motifs is 1. The number of guanidine groups is 1. The van der Waals surface area contributed by atoms with Gasteiger partial charge in [0.2, 0.25) is 0 Å². The topological polar surface area (TPSA) is 70.7 Å². The fourth-order valence-corrected chi connectivity index (χ4v) is 2.64. The van der Waals surface area contributed by atoms with E-state index in [1.807, 2.05) is 36.4 Å². The minimum Gasteiger partial charge on any atom is -0.497 e. The van der Waals surface area contributed by atoms with Crippen LogP contribution in [-0.2, 0) is 6.54 Å². The predicted molar refractivity (Wildman–Crippen MR) is 105 cm³/mol. The van der Waals surface area contributed by atoms with Crippen LogP contribution in [0, 0.1) is 0 Å². The molecule has 3 N–H and O–H groups in total. The molecule has 0 atom stereocenters. The molecular formula is C20H24N4O2. The molecule has 26 heavy (non-hydrogen) atoms. The lowest BCUT2D eigenvalue weighted by molar-refractivity contribution is 0.321. The fraction of sp³-hybridized carbons (Fsp3) is 0.250. The minimum absolute atomic E-state index is 0.541. The second-order valence-electron chi connectivity index (χ2n) is 5.76. The van der Waals surface area contributed by atoms with E-state index in [1.165, 1.54) is 5.39 Å². The normalized spacial score (nSPS) is 11.4. The van der Waals surface area contributed by atoms with Crippen molar-refractivity contribution in [2.24, 2.45) is 4.99 Å². The minimum atomic E-state index is 0.541. The van der Waals surface area contributed by atoms with Gasteiger partial charge in [-0.05, 0) is 41.8 Å². The van der Waals surface area contributed by atoms with E-state index in [2.05, 4.69) is 38.8 Å². The van der Waals surface area contributed by atoms with E-state index in [1.54, 1.807) is 14.2 Å². The number of ether oxygens (including phenoxy) is 2. The van der Waals surface area contributed by atoms with Crippen molar-refractivity contribution >= 4 is 16.9 Å². The van der Waals surface area contributed by atoms with Crippen molar-refractivity contribution in [3.05, 3.63) is 60.3 Å². The lowest BCUT2D eigenvalue weighted by Crippen LogP contribution is -2.38. The number of hydrogen-bond acceptors (Lipinski definition) is 3. The Kier molecular flexibility index (Phi) is 5.98. The van der Waals surface area contributed by atoms with Gasteiger partial charge in [0, 0.05) is 18.3 Å². The molecule has 0 unspecified atom stereocenters. The summed E-state index contributed by atoms with van der Waals surface area (Å²) in [6.45, 7) is 1.87. The Labute approximate surface area is 153 Å². The Morgan fingerprint density at radius 2 is 1.81 bits per heavy atom. The van der Waals surface area contributed by atoms with Crippen LogP contribution in [0.2, 0.25) is 0 Å². The Morgan fingerprint density at radius 3 is 2.54 bits per heavy atom. The lowest BCUT2D eigenvalue weighted by Gasteiger charge is -2.12. The van der Waals surface area contributed by atoms with Gasteiger partial charge in [0.25, 0.3) is 0 Å². The van der Waals surface area contributed by atoms with E-state index in [4.69, 9.17) is 9.47 Å². The molecule has 0 aliphatic rings. The van der Waals surface area contributed by atoms with Crippen molar-refractivity contribution in [1.82, 2.24) is 15.6 Å². The van der Waals surface area contributed by atoms with Gasteiger partial charge in [-0.1, -0.05) is 18.2 Å². The number of hydrogen-bond donors (Lipinski definition) is 3. The first-order valence-electron chi connectivity index (χ1n) is 8.56. The predicted octanol–water partition coefficient (Wildman–Crippen LogP) is 2.92. The second kappa shape index (κ2) is 8.80. The standard InChI is InChI=1S/C20H24N4O2/c1-21-20(22-11-12-26-18-9-7-17(25-2)8-10-18)23-14-16-13-15-5-3-4-6-19(15)24-16/h3-10,13,24H,11-12,14H2,1-2H3,(H2,21,22,23). The summed E-state index contributed by atoms with van der Waals surface area (Å²) in [5.74, 6) is 2.37. The third-order valence-electron chi connectivity index (χ3n) is 3.98. The molecule has 0 aliphatic carbocycles. The number of para-hydroxylation sites is 1. The number of aliphatic imine (C=N–C) groups is 1. The molecule has 0 fully saturated rings. The molecule has 136 valence electrons. The Bertz CT molecular complexity index is 823. The van der Waals surface area contributed by atoms with Crippen molar-refractivity contribution in [3.63, 3.8) is 0 Å². The van der Waals surface area contributed by atoms with Crippen molar-refractivity contribution in [3.8, 4) is 11.5 Å². The van der Waals surface area contributed by atoms with Crippen LogP contribution in [0.1, 0.15) is 5.69 Å². The zero-order chi connectivity index (χ0) is 18.2. The van der Waals surface area contributed by atoms with Gasteiger partial charge in [-0.3, -0.25) is 4.99 Å². The lowest BCUT2D eigenvalue weighted by atomic mass is 10.2. The first-order chi connectivity index (χ1) is 12.8. The molecule has 0 amide bonds. The molecule has 0 saturated carbocycles. The summed E-state index contributed by atoms with van der Waals surface area (Å²) in [5.41, 5.74) is 2.25.